The number of hydrogen-bond acceptors (Lipinski definition) is 4. The average molecular weight is 284 g/mol. The lowest BCUT2D eigenvalue weighted by Gasteiger charge is -2.15. The summed E-state index contributed by atoms with van der Waals surface area (Å²) in [4.78, 5) is 11.5. The van der Waals surface area contributed by atoms with Gasteiger partial charge in [-0.2, -0.15) is 0 Å². The van der Waals surface area contributed by atoms with Crippen LogP contribution in [0.4, 0.5) is 4.39 Å². The van der Waals surface area contributed by atoms with Crippen molar-refractivity contribution in [1.29, 1.82) is 0 Å². The number of nitrogens with two attached hydrogens (primary N) is 1. The maximum Gasteiger partial charge on any atom is 0.237 e. The van der Waals surface area contributed by atoms with Crippen LogP contribution in [0.15, 0.2) is 24.3 Å². The van der Waals surface area contributed by atoms with E-state index in [4.69, 9.17) is 10.5 Å². The normalized spacial score (nSPS) is 13.6. The fraction of sp³-hybridized carbons (Fsp3) is 0.500. The van der Waals surface area contributed by atoms with Gasteiger partial charge in [0.1, 0.15) is 24.3 Å². The van der Waals surface area contributed by atoms with E-state index in [9.17, 15) is 14.3 Å². The fourth-order valence-electron chi connectivity index (χ4n) is 1.57. The van der Waals surface area contributed by atoms with Gasteiger partial charge in [-0.1, -0.05) is 13.3 Å². The second-order valence-corrected chi connectivity index (χ2v) is 4.56. The third-order valence-corrected chi connectivity index (χ3v) is 2.70. The van der Waals surface area contributed by atoms with Crippen molar-refractivity contribution in [3.05, 3.63) is 30.1 Å². The summed E-state index contributed by atoms with van der Waals surface area (Å²) in [5, 5.41) is 12.2. The highest BCUT2D eigenvalue weighted by Crippen LogP contribution is 2.11. The molecule has 112 valence electrons. The Kier molecular flexibility index (Phi) is 6.97. The molecule has 0 bridgehead atoms. The summed E-state index contributed by atoms with van der Waals surface area (Å²) < 4.78 is 17.9. The number of carbonyl (C=O) groups excluding carboxylic acids is 1. The van der Waals surface area contributed by atoms with Crippen LogP contribution >= 0.6 is 0 Å². The first-order valence-corrected chi connectivity index (χ1v) is 6.62. The summed E-state index contributed by atoms with van der Waals surface area (Å²) in [6.07, 6.45) is 0.580. The van der Waals surface area contributed by atoms with E-state index in [1.54, 1.807) is 0 Å². The third kappa shape index (κ3) is 5.99. The molecule has 0 fully saturated rings. The first kappa shape index (κ1) is 16.4. The van der Waals surface area contributed by atoms with E-state index in [2.05, 4.69) is 5.32 Å². The topological polar surface area (TPSA) is 84.6 Å². The minimum Gasteiger partial charge on any atom is -0.491 e. The van der Waals surface area contributed by atoms with Gasteiger partial charge in [0.2, 0.25) is 5.91 Å². The van der Waals surface area contributed by atoms with Gasteiger partial charge in [0.05, 0.1) is 6.04 Å². The number of aliphatic hydroxyl groups excluding tert-OH is 1. The maximum atomic E-state index is 12.7. The van der Waals surface area contributed by atoms with E-state index in [0.29, 0.717) is 12.2 Å². The Morgan fingerprint density at radius 3 is 2.70 bits per heavy atom. The quantitative estimate of drug-likeness (QED) is 0.659. The Labute approximate surface area is 117 Å². The molecule has 0 aliphatic rings. The number of halogens is 1. The van der Waals surface area contributed by atoms with Crippen LogP contribution in [-0.4, -0.2) is 36.3 Å². The van der Waals surface area contributed by atoms with Crippen LogP contribution in [0.1, 0.15) is 19.8 Å². The van der Waals surface area contributed by atoms with E-state index < -0.39 is 12.1 Å². The van der Waals surface area contributed by atoms with Crippen LogP contribution in [0.2, 0.25) is 0 Å². The van der Waals surface area contributed by atoms with E-state index in [0.717, 1.165) is 6.42 Å². The van der Waals surface area contributed by atoms with Crippen LogP contribution in [0, 0.1) is 5.82 Å². The highest BCUT2D eigenvalue weighted by molar-refractivity contribution is 5.81. The van der Waals surface area contributed by atoms with Crippen molar-refractivity contribution in [3.8, 4) is 5.75 Å². The molecule has 0 aliphatic carbocycles. The van der Waals surface area contributed by atoms with Gasteiger partial charge in [0.15, 0.2) is 0 Å². The van der Waals surface area contributed by atoms with Gasteiger partial charge < -0.3 is 20.9 Å². The van der Waals surface area contributed by atoms with Crippen molar-refractivity contribution >= 4 is 5.91 Å². The molecule has 0 heterocycles. The van der Waals surface area contributed by atoms with Gasteiger partial charge in [-0.05, 0) is 30.7 Å². The number of rotatable bonds is 8. The van der Waals surface area contributed by atoms with Crippen molar-refractivity contribution in [3.63, 3.8) is 0 Å². The molecule has 20 heavy (non-hydrogen) atoms. The Bertz CT molecular complexity index is 411. The molecule has 1 aromatic carbocycles. The number of nitrogens with one attached hydrogen (secondary N) is 1. The SMILES string of the molecule is CCCC(N)C(=O)NCC(O)COc1ccc(F)cc1. The lowest BCUT2D eigenvalue weighted by atomic mass is 10.1. The van der Waals surface area contributed by atoms with Crippen molar-refractivity contribution in [2.24, 2.45) is 5.73 Å². The van der Waals surface area contributed by atoms with Crippen LogP contribution < -0.4 is 15.8 Å². The second-order valence-electron chi connectivity index (χ2n) is 4.56. The molecule has 4 N–H and O–H groups in total. The number of carbonyl (C=O) groups is 1. The van der Waals surface area contributed by atoms with Gasteiger partial charge in [-0.3, -0.25) is 4.79 Å². The molecule has 0 radical (unpaired) electrons. The number of benzene rings is 1. The molecule has 0 saturated heterocycles. The molecule has 1 amide bonds. The molecule has 6 heteroatoms. The Morgan fingerprint density at radius 1 is 1.45 bits per heavy atom. The van der Waals surface area contributed by atoms with Crippen LogP contribution in [0.5, 0.6) is 5.75 Å². The van der Waals surface area contributed by atoms with Crippen molar-refractivity contribution in [2.45, 2.75) is 31.9 Å². The third-order valence-electron chi connectivity index (χ3n) is 2.70. The Hall–Kier alpha value is -1.66. The lowest BCUT2D eigenvalue weighted by molar-refractivity contribution is -0.123. The summed E-state index contributed by atoms with van der Waals surface area (Å²) in [6.45, 7) is 2.02. The van der Waals surface area contributed by atoms with Crippen LogP contribution in [0.25, 0.3) is 0 Å². The van der Waals surface area contributed by atoms with Gasteiger partial charge in [0.25, 0.3) is 0 Å². The molecule has 2 atom stereocenters. The van der Waals surface area contributed by atoms with Crippen molar-refractivity contribution < 1.29 is 19.0 Å². The molecule has 0 saturated carbocycles. The van der Waals surface area contributed by atoms with E-state index in [-0.39, 0.29) is 24.9 Å². The average Bonchev–Trinajstić information content (AvgIpc) is 2.44. The first-order valence-electron chi connectivity index (χ1n) is 6.62. The Morgan fingerprint density at radius 2 is 2.10 bits per heavy atom. The minimum atomic E-state index is -0.849. The highest BCUT2D eigenvalue weighted by Gasteiger charge is 2.13. The molecule has 2 unspecified atom stereocenters. The Balaban J connectivity index is 2.25. The second kappa shape index (κ2) is 8.50. The largest absolute Gasteiger partial charge is 0.491 e. The van der Waals surface area contributed by atoms with Gasteiger partial charge >= 0.3 is 0 Å². The number of hydrogen-bond donors (Lipinski definition) is 3. The summed E-state index contributed by atoms with van der Waals surface area (Å²) in [7, 11) is 0. The van der Waals surface area contributed by atoms with Gasteiger partial charge in [-0.15, -0.1) is 0 Å². The van der Waals surface area contributed by atoms with E-state index in [1.165, 1.54) is 24.3 Å². The van der Waals surface area contributed by atoms with Crippen LogP contribution in [-0.2, 0) is 4.79 Å². The first-order chi connectivity index (χ1) is 9.52. The summed E-state index contributed by atoms with van der Waals surface area (Å²) in [5.74, 6) is -0.179. The predicted octanol–water partition coefficient (Wildman–Crippen LogP) is 0.809. The molecule has 1 aromatic rings. The molecule has 0 spiro atoms. The molecule has 0 aliphatic heterocycles. The summed E-state index contributed by atoms with van der Waals surface area (Å²) >= 11 is 0. The smallest absolute Gasteiger partial charge is 0.237 e. The number of aliphatic hydroxyl groups is 1. The molecular weight excluding hydrogens is 263 g/mol. The molecule has 5 nitrogen and oxygen atoms in total. The number of ether oxygens (including phenoxy) is 1. The van der Waals surface area contributed by atoms with Crippen LogP contribution in [0.3, 0.4) is 0 Å². The summed E-state index contributed by atoms with van der Waals surface area (Å²) in [5.41, 5.74) is 5.63. The maximum absolute atomic E-state index is 12.7. The van der Waals surface area contributed by atoms with E-state index >= 15 is 0 Å². The zero-order valence-corrected chi connectivity index (χ0v) is 11.5. The minimum absolute atomic E-state index is 0.00886. The zero-order chi connectivity index (χ0) is 15.0. The zero-order valence-electron chi connectivity index (χ0n) is 11.5. The standard InChI is InChI=1S/C14H21FN2O3/c1-2-3-13(16)14(19)17-8-11(18)9-20-12-6-4-10(15)5-7-12/h4-7,11,13,18H,2-3,8-9,16H2,1H3,(H,17,19). The van der Waals surface area contributed by atoms with Crippen molar-refractivity contribution in [1.82, 2.24) is 5.32 Å². The molecule has 1 rings (SSSR count). The molecule has 0 aromatic heterocycles. The lowest BCUT2D eigenvalue weighted by Crippen LogP contribution is -2.44. The monoisotopic (exact) mass is 284 g/mol. The molecular formula is C14H21FN2O3. The van der Waals surface area contributed by atoms with Crippen molar-refractivity contribution in [2.75, 3.05) is 13.2 Å². The summed E-state index contributed by atoms with van der Waals surface area (Å²) in [6, 6.07) is 4.93. The van der Waals surface area contributed by atoms with Gasteiger partial charge in [-0.25, -0.2) is 4.39 Å². The number of amides is 1. The fourth-order valence-corrected chi connectivity index (χ4v) is 1.57. The highest BCUT2D eigenvalue weighted by atomic mass is 19.1. The van der Waals surface area contributed by atoms with Gasteiger partial charge in [0, 0.05) is 6.54 Å². The predicted molar refractivity (Wildman–Crippen MR) is 73.8 cm³/mol. The van der Waals surface area contributed by atoms with E-state index in [1.807, 2.05) is 6.92 Å².